The van der Waals surface area contributed by atoms with Crippen LogP contribution >= 0.6 is 0 Å². The maximum Gasteiger partial charge on any atom is 1.00 e. The number of carboxylic acid groups (broad SMARTS) is 1. The molecule has 1 aliphatic rings. The van der Waals surface area contributed by atoms with Crippen molar-refractivity contribution in [3.63, 3.8) is 0 Å². The van der Waals surface area contributed by atoms with Gasteiger partial charge in [-0.05, 0) is 35.2 Å². The van der Waals surface area contributed by atoms with E-state index in [9.17, 15) is 24.3 Å². The minimum absolute atomic E-state index is 0. The van der Waals surface area contributed by atoms with Crippen LogP contribution in [-0.4, -0.2) is 46.8 Å². The molecule has 0 fully saturated rings. The van der Waals surface area contributed by atoms with E-state index >= 15 is 0 Å². The molecule has 0 aromatic heterocycles. The molecular formula is C23H24N3NaO5. The molecule has 3 amide bonds. The van der Waals surface area contributed by atoms with Gasteiger partial charge in [0.05, 0.1) is 12.5 Å². The number of carboxylic acids is 1. The molecule has 1 heterocycles. The summed E-state index contributed by atoms with van der Waals surface area (Å²) in [4.78, 5) is 49.3. The number of likely N-dealkylation sites (N-methyl/N-ethyl adjacent to an activating group) is 1. The molecule has 2 aromatic carbocycles. The zero-order valence-corrected chi connectivity index (χ0v) is 20.2. The van der Waals surface area contributed by atoms with Crippen LogP contribution in [0.4, 0.5) is 4.79 Å². The van der Waals surface area contributed by atoms with Gasteiger partial charge in [-0.1, -0.05) is 42.5 Å². The first-order valence-corrected chi connectivity index (χ1v) is 9.70. The number of carbonyl (C=O) groups is 4. The van der Waals surface area contributed by atoms with Crippen molar-refractivity contribution >= 4 is 23.7 Å². The van der Waals surface area contributed by atoms with Gasteiger partial charge < -0.3 is 22.1 Å². The minimum Gasteiger partial charge on any atom is -1.00 e. The number of nitrogens with one attached hydrogen (secondary N) is 2. The van der Waals surface area contributed by atoms with Gasteiger partial charge in [-0.15, -0.1) is 0 Å². The Labute approximate surface area is 209 Å². The third-order valence-corrected chi connectivity index (χ3v) is 5.05. The molecule has 9 heteroatoms. The van der Waals surface area contributed by atoms with Crippen LogP contribution in [0.15, 0.2) is 60.8 Å². The molecule has 1 aliphatic heterocycles. The molecule has 0 spiro atoms. The molecule has 3 N–H and O–H groups in total. The normalized spacial score (nSPS) is 16.2. The second kappa shape index (κ2) is 11.1. The first kappa shape index (κ1) is 25.3. The number of carbonyl (C=O) groups excluding carboxylic acids is 3. The fourth-order valence-electron chi connectivity index (χ4n) is 3.39. The minimum atomic E-state index is -1.35. The predicted molar refractivity (Wildman–Crippen MR) is 115 cm³/mol. The summed E-state index contributed by atoms with van der Waals surface area (Å²) >= 11 is 0. The Morgan fingerprint density at radius 2 is 1.88 bits per heavy atom. The third kappa shape index (κ3) is 6.06. The van der Waals surface area contributed by atoms with Gasteiger partial charge in [-0.3, -0.25) is 14.4 Å². The van der Waals surface area contributed by atoms with E-state index in [4.69, 9.17) is 0 Å². The zero-order valence-electron chi connectivity index (χ0n) is 19.2. The molecule has 0 aliphatic carbocycles. The molecule has 3 rings (SSSR count). The molecule has 32 heavy (non-hydrogen) atoms. The fourth-order valence-corrected chi connectivity index (χ4v) is 3.39. The SMILES string of the molecule is Cc1ccccc1-c1cccc(C(CC(=O)O)NC(=O)NC2C(=O)C=CN(C)C2=O)c1.[H-].[Na+]. The average molecular weight is 445 g/mol. The van der Waals surface area contributed by atoms with Crippen molar-refractivity contribution in [1.82, 2.24) is 15.5 Å². The van der Waals surface area contributed by atoms with Gasteiger partial charge in [0, 0.05) is 19.3 Å². The van der Waals surface area contributed by atoms with Crippen LogP contribution in [0.1, 0.15) is 25.0 Å². The maximum atomic E-state index is 12.5. The zero-order chi connectivity index (χ0) is 22.5. The third-order valence-electron chi connectivity index (χ3n) is 5.05. The van der Waals surface area contributed by atoms with Crippen LogP contribution in [0.3, 0.4) is 0 Å². The molecular weight excluding hydrogens is 421 g/mol. The van der Waals surface area contributed by atoms with Crippen LogP contribution in [0.2, 0.25) is 0 Å². The number of ketones is 1. The molecule has 2 unspecified atom stereocenters. The monoisotopic (exact) mass is 445 g/mol. The summed E-state index contributed by atoms with van der Waals surface area (Å²) < 4.78 is 0. The van der Waals surface area contributed by atoms with E-state index in [1.54, 1.807) is 12.1 Å². The number of hydrogen-bond acceptors (Lipinski definition) is 4. The number of hydrogen-bond donors (Lipinski definition) is 3. The van der Waals surface area contributed by atoms with Gasteiger partial charge in [-0.25, -0.2) is 4.79 Å². The number of rotatable bonds is 6. The van der Waals surface area contributed by atoms with Crippen LogP contribution in [0, 0.1) is 6.92 Å². The van der Waals surface area contributed by atoms with E-state index in [-0.39, 0.29) is 37.4 Å². The standard InChI is InChI=1S/C23H23N3O5.Na.H/c1-14-6-3-4-9-17(14)15-7-5-8-16(12-15)18(13-20(28)29)24-23(31)25-21-19(27)10-11-26(2)22(21)30;;/h3-12,18,21H,13H2,1-2H3,(H,28,29)(H2,24,25,31);;/q;+1;-1. The van der Waals surface area contributed by atoms with Gasteiger partial charge in [-0.2, -0.15) is 0 Å². The first-order valence-electron chi connectivity index (χ1n) is 9.70. The summed E-state index contributed by atoms with van der Waals surface area (Å²) in [6.45, 7) is 1.98. The Morgan fingerprint density at radius 3 is 2.56 bits per heavy atom. The molecule has 162 valence electrons. The average Bonchev–Trinajstić information content (AvgIpc) is 2.73. The van der Waals surface area contributed by atoms with Gasteiger partial charge in [0.25, 0.3) is 5.91 Å². The Balaban J connectivity index is 0.00000272. The number of nitrogens with zero attached hydrogens (tertiary/aromatic N) is 1. The topological polar surface area (TPSA) is 116 Å². The van der Waals surface area contributed by atoms with Crippen LogP contribution < -0.4 is 40.2 Å². The van der Waals surface area contributed by atoms with E-state index in [1.807, 2.05) is 43.3 Å². The van der Waals surface area contributed by atoms with Crippen molar-refractivity contribution in [3.05, 3.63) is 71.9 Å². The largest absolute Gasteiger partial charge is 1.00 e. The van der Waals surface area contributed by atoms with Crippen molar-refractivity contribution in [2.45, 2.75) is 25.4 Å². The fraction of sp³-hybridized carbons (Fsp3) is 0.217. The Kier molecular flexibility index (Phi) is 8.77. The molecule has 0 bridgehead atoms. The van der Waals surface area contributed by atoms with Crippen molar-refractivity contribution in [2.24, 2.45) is 0 Å². The molecule has 2 atom stereocenters. The van der Waals surface area contributed by atoms with E-state index in [0.717, 1.165) is 16.7 Å². The van der Waals surface area contributed by atoms with E-state index < -0.39 is 35.8 Å². The molecule has 0 saturated heterocycles. The predicted octanol–water partition coefficient (Wildman–Crippen LogP) is -0.483. The van der Waals surface area contributed by atoms with Gasteiger partial charge in [0.2, 0.25) is 0 Å². The quantitative estimate of drug-likeness (QED) is 0.410. The number of benzene rings is 2. The Bertz CT molecular complexity index is 1080. The number of aliphatic carboxylic acids is 1. The number of urea groups is 1. The summed E-state index contributed by atoms with van der Waals surface area (Å²) in [5, 5.41) is 14.3. The summed E-state index contributed by atoms with van der Waals surface area (Å²) in [5.41, 5.74) is 3.54. The first-order chi connectivity index (χ1) is 14.8. The molecule has 0 saturated carbocycles. The van der Waals surface area contributed by atoms with Gasteiger partial charge in [0.15, 0.2) is 11.8 Å². The van der Waals surface area contributed by atoms with Gasteiger partial charge >= 0.3 is 41.6 Å². The summed E-state index contributed by atoms with van der Waals surface area (Å²) in [5.74, 6) is -2.22. The second-order valence-corrected chi connectivity index (χ2v) is 7.31. The maximum absolute atomic E-state index is 12.5. The van der Waals surface area contributed by atoms with E-state index in [1.165, 1.54) is 24.2 Å². The van der Waals surface area contributed by atoms with Gasteiger partial charge in [0.1, 0.15) is 0 Å². The Morgan fingerprint density at radius 1 is 1.16 bits per heavy atom. The molecule has 2 aromatic rings. The summed E-state index contributed by atoms with van der Waals surface area (Å²) in [6, 6.07) is 12.0. The van der Waals surface area contributed by atoms with Crippen LogP contribution in [-0.2, 0) is 14.4 Å². The number of aryl methyl sites for hydroxylation is 1. The smallest absolute Gasteiger partial charge is 1.00 e. The molecule has 0 radical (unpaired) electrons. The second-order valence-electron chi connectivity index (χ2n) is 7.31. The van der Waals surface area contributed by atoms with Crippen molar-refractivity contribution in [2.75, 3.05) is 7.05 Å². The van der Waals surface area contributed by atoms with E-state index in [2.05, 4.69) is 10.6 Å². The summed E-state index contributed by atoms with van der Waals surface area (Å²) in [7, 11) is 1.47. The van der Waals surface area contributed by atoms with Crippen LogP contribution in [0.25, 0.3) is 11.1 Å². The van der Waals surface area contributed by atoms with Crippen LogP contribution in [0.5, 0.6) is 0 Å². The summed E-state index contributed by atoms with van der Waals surface area (Å²) in [6.07, 6.45) is 2.16. The van der Waals surface area contributed by atoms with Crippen molar-refractivity contribution < 1.29 is 55.3 Å². The van der Waals surface area contributed by atoms with Crippen molar-refractivity contribution in [1.29, 1.82) is 0 Å². The van der Waals surface area contributed by atoms with Crippen molar-refractivity contribution in [3.8, 4) is 11.1 Å². The Hall–Kier alpha value is -2.94. The van der Waals surface area contributed by atoms with E-state index in [0.29, 0.717) is 5.56 Å². The number of amides is 3. The molecule has 8 nitrogen and oxygen atoms in total.